The van der Waals surface area contributed by atoms with E-state index in [9.17, 15) is 0 Å². The summed E-state index contributed by atoms with van der Waals surface area (Å²) in [6.45, 7) is 4.25. The molecule has 0 aliphatic heterocycles. The maximum atomic E-state index is 5.71. The largest absolute Gasteiger partial charge is 0.271 e. The van der Waals surface area contributed by atoms with E-state index in [1.165, 1.54) is 21.6 Å². The Morgan fingerprint density at radius 2 is 1.79 bits per heavy atom. The van der Waals surface area contributed by atoms with E-state index in [0.717, 1.165) is 14.7 Å². The Morgan fingerprint density at radius 1 is 1.16 bits per heavy atom. The SMILES string of the molecule is Cc1cc(C)cc(CC(NN)c2cc(Br)c(Br)s2)c1. The van der Waals surface area contributed by atoms with Gasteiger partial charge in [0.2, 0.25) is 0 Å². The maximum Gasteiger partial charge on any atom is 0.0843 e. The molecule has 1 atom stereocenters. The van der Waals surface area contributed by atoms with Crippen LogP contribution in [0.25, 0.3) is 0 Å². The lowest BCUT2D eigenvalue weighted by Crippen LogP contribution is -2.29. The van der Waals surface area contributed by atoms with Gasteiger partial charge in [-0.1, -0.05) is 29.3 Å². The van der Waals surface area contributed by atoms with Gasteiger partial charge in [0.25, 0.3) is 0 Å². The highest BCUT2D eigenvalue weighted by Crippen LogP contribution is 2.36. The molecule has 0 saturated carbocycles. The number of nitrogens with one attached hydrogen (secondary N) is 1. The lowest BCUT2D eigenvalue weighted by molar-refractivity contribution is 0.560. The molecule has 1 heterocycles. The van der Waals surface area contributed by atoms with E-state index in [0.29, 0.717) is 0 Å². The summed E-state index contributed by atoms with van der Waals surface area (Å²) in [7, 11) is 0. The Hall–Kier alpha value is -0.200. The number of rotatable bonds is 4. The number of hydrogen-bond donors (Lipinski definition) is 2. The fraction of sp³-hybridized carbons (Fsp3) is 0.286. The number of aryl methyl sites for hydroxylation is 2. The van der Waals surface area contributed by atoms with Gasteiger partial charge in [-0.15, -0.1) is 11.3 Å². The Bertz CT molecular complexity index is 541. The van der Waals surface area contributed by atoms with Crippen LogP contribution in [0.3, 0.4) is 0 Å². The predicted octanol–water partition coefficient (Wildman–Crippen LogP) is 4.64. The molecule has 0 aliphatic carbocycles. The molecule has 2 rings (SSSR count). The second kappa shape index (κ2) is 6.50. The molecule has 3 N–H and O–H groups in total. The summed E-state index contributed by atoms with van der Waals surface area (Å²) in [4.78, 5) is 1.22. The lowest BCUT2D eigenvalue weighted by Gasteiger charge is -2.15. The number of thiophene rings is 1. The van der Waals surface area contributed by atoms with Crippen molar-refractivity contribution in [1.29, 1.82) is 0 Å². The van der Waals surface area contributed by atoms with Crippen molar-refractivity contribution in [3.63, 3.8) is 0 Å². The van der Waals surface area contributed by atoms with Gasteiger partial charge in [-0.05, 0) is 63.8 Å². The first-order valence-electron chi connectivity index (χ1n) is 5.97. The van der Waals surface area contributed by atoms with Crippen LogP contribution in [-0.2, 0) is 6.42 Å². The fourth-order valence-corrected chi connectivity index (χ4v) is 4.35. The molecule has 0 bridgehead atoms. The van der Waals surface area contributed by atoms with Crippen LogP contribution in [-0.4, -0.2) is 0 Å². The molecule has 19 heavy (non-hydrogen) atoms. The van der Waals surface area contributed by atoms with Crippen LogP contribution in [0.4, 0.5) is 0 Å². The molecule has 0 radical (unpaired) electrons. The number of benzene rings is 1. The molecule has 0 spiro atoms. The Kier molecular flexibility index (Phi) is 5.20. The highest BCUT2D eigenvalue weighted by Gasteiger charge is 2.15. The third kappa shape index (κ3) is 3.89. The van der Waals surface area contributed by atoms with Crippen LogP contribution in [0.15, 0.2) is 32.5 Å². The summed E-state index contributed by atoms with van der Waals surface area (Å²) in [5.41, 5.74) is 6.80. The molecule has 5 heteroatoms. The van der Waals surface area contributed by atoms with Crippen LogP contribution in [0.1, 0.15) is 27.6 Å². The van der Waals surface area contributed by atoms with E-state index in [1.807, 2.05) is 0 Å². The van der Waals surface area contributed by atoms with Gasteiger partial charge in [0.15, 0.2) is 0 Å². The average molecular weight is 404 g/mol. The molecule has 0 fully saturated rings. The first-order valence-corrected chi connectivity index (χ1v) is 8.38. The van der Waals surface area contributed by atoms with Crippen molar-refractivity contribution >= 4 is 43.2 Å². The van der Waals surface area contributed by atoms with Crippen LogP contribution in [0.2, 0.25) is 0 Å². The Morgan fingerprint density at radius 3 is 2.26 bits per heavy atom. The molecular formula is C14H16Br2N2S. The highest BCUT2D eigenvalue weighted by atomic mass is 79.9. The van der Waals surface area contributed by atoms with Gasteiger partial charge in [0, 0.05) is 9.35 Å². The molecule has 2 nitrogen and oxygen atoms in total. The van der Waals surface area contributed by atoms with Gasteiger partial charge in [0.05, 0.1) is 9.83 Å². The summed E-state index contributed by atoms with van der Waals surface area (Å²) in [5, 5.41) is 0. The van der Waals surface area contributed by atoms with Crippen molar-refractivity contribution in [3.8, 4) is 0 Å². The number of nitrogens with two attached hydrogens (primary N) is 1. The van der Waals surface area contributed by atoms with Crippen LogP contribution in [0.5, 0.6) is 0 Å². The van der Waals surface area contributed by atoms with E-state index in [4.69, 9.17) is 5.84 Å². The zero-order valence-electron chi connectivity index (χ0n) is 10.8. The van der Waals surface area contributed by atoms with Gasteiger partial charge < -0.3 is 0 Å². The molecule has 2 aromatic rings. The molecule has 0 saturated heterocycles. The van der Waals surface area contributed by atoms with Crippen LogP contribution in [0, 0.1) is 13.8 Å². The lowest BCUT2D eigenvalue weighted by atomic mass is 10.0. The zero-order valence-corrected chi connectivity index (χ0v) is 14.8. The van der Waals surface area contributed by atoms with Crippen molar-refractivity contribution in [1.82, 2.24) is 5.43 Å². The normalized spacial score (nSPS) is 12.7. The summed E-state index contributed by atoms with van der Waals surface area (Å²) in [6, 6.07) is 8.87. The van der Waals surface area contributed by atoms with Crippen molar-refractivity contribution in [2.75, 3.05) is 0 Å². The minimum absolute atomic E-state index is 0.133. The van der Waals surface area contributed by atoms with E-state index in [-0.39, 0.29) is 6.04 Å². The van der Waals surface area contributed by atoms with E-state index in [2.05, 4.69) is 75.4 Å². The van der Waals surface area contributed by atoms with Crippen molar-refractivity contribution in [2.24, 2.45) is 5.84 Å². The molecular weight excluding hydrogens is 388 g/mol. The number of hydrazine groups is 1. The van der Waals surface area contributed by atoms with Gasteiger partial charge in [0.1, 0.15) is 0 Å². The third-order valence-corrected chi connectivity index (χ3v) is 6.30. The van der Waals surface area contributed by atoms with Gasteiger partial charge in [-0.3, -0.25) is 11.3 Å². The van der Waals surface area contributed by atoms with Crippen molar-refractivity contribution < 1.29 is 0 Å². The average Bonchev–Trinajstić information content (AvgIpc) is 2.65. The molecule has 102 valence electrons. The first kappa shape index (κ1) is 15.2. The number of hydrogen-bond acceptors (Lipinski definition) is 3. The Balaban J connectivity index is 2.23. The van der Waals surface area contributed by atoms with Gasteiger partial charge in [-0.25, -0.2) is 0 Å². The molecule has 1 unspecified atom stereocenters. The van der Waals surface area contributed by atoms with E-state index >= 15 is 0 Å². The van der Waals surface area contributed by atoms with Crippen LogP contribution < -0.4 is 11.3 Å². The topological polar surface area (TPSA) is 38.0 Å². The number of halogens is 2. The summed E-state index contributed by atoms with van der Waals surface area (Å²) >= 11 is 8.74. The zero-order chi connectivity index (χ0) is 14.0. The summed E-state index contributed by atoms with van der Waals surface area (Å²) in [6.07, 6.45) is 0.887. The molecule has 1 aromatic heterocycles. The predicted molar refractivity (Wildman–Crippen MR) is 89.4 cm³/mol. The van der Waals surface area contributed by atoms with Crippen molar-refractivity contribution in [3.05, 3.63) is 54.1 Å². The quantitative estimate of drug-likeness (QED) is 0.576. The maximum absolute atomic E-state index is 5.71. The standard InChI is InChI=1S/C14H16Br2N2S/c1-8-3-9(2)5-10(4-8)6-12(18-17)13-7-11(15)14(16)19-13/h3-5,7,12,18H,6,17H2,1-2H3. The fourth-order valence-electron chi connectivity index (χ4n) is 2.20. The minimum Gasteiger partial charge on any atom is -0.271 e. The minimum atomic E-state index is 0.133. The monoisotopic (exact) mass is 402 g/mol. The van der Waals surface area contributed by atoms with Gasteiger partial charge >= 0.3 is 0 Å². The van der Waals surface area contributed by atoms with Crippen LogP contribution >= 0.6 is 43.2 Å². The van der Waals surface area contributed by atoms with E-state index < -0.39 is 0 Å². The molecule has 0 amide bonds. The summed E-state index contributed by atoms with van der Waals surface area (Å²) in [5.74, 6) is 5.71. The second-order valence-corrected chi connectivity index (χ2v) is 7.95. The summed E-state index contributed by atoms with van der Waals surface area (Å²) < 4.78 is 2.18. The van der Waals surface area contributed by atoms with E-state index in [1.54, 1.807) is 11.3 Å². The molecule has 0 aliphatic rings. The van der Waals surface area contributed by atoms with Gasteiger partial charge in [-0.2, -0.15) is 0 Å². The second-order valence-electron chi connectivity index (χ2n) is 4.69. The van der Waals surface area contributed by atoms with Crippen molar-refractivity contribution in [2.45, 2.75) is 26.3 Å². The molecule has 1 aromatic carbocycles. The first-order chi connectivity index (χ1) is 8.99. The highest BCUT2D eigenvalue weighted by molar-refractivity contribution is 9.13. The smallest absolute Gasteiger partial charge is 0.0843 e. The Labute approximate surface area is 134 Å². The third-order valence-electron chi connectivity index (χ3n) is 2.93.